The molecule has 0 amide bonds. The standard InChI is InChI=1S/C34H20/c1-2-7-23-14-29-18-33-25(16-27(29)13-22(23)6-1)11-12-26-17-28-15-24-10-9-21-5-3-4-8-31(21)32(24)19-30(28)20-34(26)33/h1-20H. The van der Waals surface area contributed by atoms with E-state index in [0.29, 0.717) is 0 Å². The van der Waals surface area contributed by atoms with E-state index in [0.717, 1.165) is 0 Å². The molecule has 0 atom stereocenters. The summed E-state index contributed by atoms with van der Waals surface area (Å²) in [5, 5.41) is 18.2. The van der Waals surface area contributed by atoms with Crippen LogP contribution in [0.25, 0.3) is 75.4 Å². The summed E-state index contributed by atoms with van der Waals surface area (Å²) < 4.78 is 0. The van der Waals surface area contributed by atoms with E-state index in [-0.39, 0.29) is 0 Å². The zero-order valence-corrected chi connectivity index (χ0v) is 18.5. The Bertz CT molecular complexity index is 2110. The number of rotatable bonds is 0. The first-order valence-corrected chi connectivity index (χ1v) is 11.8. The Kier molecular flexibility index (Phi) is 3.48. The summed E-state index contributed by atoms with van der Waals surface area (Å²) in [7, 11) is 0. The first-order chi connectivity index (χ1) is 16.8. The molecule has 0 spiro atoms. The normalized spacial score (nSPS) is 12.1. The molecule has 0 aromatic heterocycles. The molecule has 0 heterocycles. The number of benzene rings is 8. The predicted octanol–water partition coefficient (Wildman–Crippen LogP) is 9.76. The fraction of sp³-hybridized carbons (Fsp3) is 0. The minimum Gasteiger partial charge on any atom is -0.0616 e. The molecule has 8 aromatic carbocycles. The van der Waals surface area contributed by atoms with Gasteiger partial charge in [0.25, 0.3) is 0 Å². The van der Waals surface area contributed by atoms with Crippen LogP contribution in [-0.2, 0) is 0 Å². The van der Waals surface area contributed by atoms with Crippen molar-refractivity contribution >= 4 is 75.4 Å². The monoisotopic (exact) mass is 428 g/mol. The lowest BCUT2D eigenvalue weighted by Crippen LogP contribution is -1.84. The van der Waals surface area contributed by atoms with E-state index in [1.54, 1.807) is 0 Å². The maximum Gasteiger partial charge on any atom is -0.00988 e. The van der Waals surface area contributed by atoms with Crippen molar-refractivity contribution in [2.75, 3.05) is 0 Å². The molecule has 0 fully saturated rings. The van der Waals surface area contributed by atoms with Gasteiger partial charge in [0.2, 0.25) is 0 Å². The molecule has 0 aliphatic carbocycles. The fourth-order valence-electron chi connectivity index (χ4n) is 5.75. The third-order valence-electron chi connectivity index (χ3n) is 7.48. The molecule has 0 radical (unpaired) electrons. The van der Waals surface area contributed by atoms with Crippen molar-refractivity contribution < 1.29 is 0 Å². The summed E-state index contributed by atoms with van der Waals surface area (Å²) in [5.41, 5.74) is 0. The van der Waals surface area contributed by atoms with Crippen LogP contribution in [0.2, 0.25) is 0 Å². The third kappa shape index (κ3) is 2.54. The minimum absolute atomic E-state index is 1.29. The van der Waals surface area contributed by atoms with Gasteiger partial charge in [0, 0.05) is 0 Å². The molecule has 0 bridgehead atoms. The molecule has 0 aliphatic heterocycles. The van der Waals surface area contributed by atoms with Gasteiger partial charge >= 0.3 is 0 Å². The quantitative estimate of drug-likeness (QED) is 0.166. The van der Waals surface area contributed by atoms with Gasteiger partial charge in [-0.15, -0.1) is 0 Å². The Morgan fingerprint density at radius 1 is 0.206 bits per heavy atom. The van der Waals surface area contributed by atoms with Crippen molar-refractivity contribution in [3.05, 3.63) is 121 Å². The average Bonchev–Trinajstić information content (AvgIpc) is 2.88. The van der Waals surface area contributed by atoms with Gasteiger partial charge in [0.15, 0.2) is 0 Å². The summed E-state index contributed by atoms with van der Waals surface area (Å²) in [6, 6.07) is 45.1. The van der Waals surface area contributed by atoms with Crippen molar-refractivity contribution in [1.29, 1.82) is 0 Å². The highest BCUT2D eigenvalue weighted by Gasteiger charge is 2.08. The van der Waals surface area contributed by atoms with Crippen LogP contribution in [0.3, 0.4) is 0 Å². The Morgan fingerprint density at radius 2 is 0.559 bits per heavy atom. The first kappa shape index (κ1) is 18.1. The van der Waals surface area contributed by atoms with Crippen LogP contribution in [0.15, 0.2) is 121 Å². The lowest BCUT2D eigenvalue weighted by Gasteiger charge is -2.11. The number of hydrogen-bond donors (Lipinski definition) is 0. The molecule has 0 saturated carbocycles. The molecule has 156 valence electrons. The van der Waals surface area contributed by atoms with Gasteiger partial charge in [-0.05, 0) is 124 Å². The van der Waals surface area contributed by atoms with Gasteiger partial charge < -0.3 is 0 Å². The van der Waals surface area contributed by atoms with Gasteiger partial charge in [-0.25, -0.2) is 0 Å². The second kappa shape index (κ2) is 6.56. The number of fused-ring (bicyclic) bond motifs is 9. The van der Waals surface area contributed by atoms with Gasteiger partial charge in [-0.3, -0.25) is 0 Å². The molecule has 0 nitrogen and oxygen atoms in total. The Labute approximate surface area is 196 Å². The summed E-state index contributed by atoms with van der Waals surface area (Å²) in [6.45, 7) is 0. The van der Waals surface area contributed by atoms with E-state index in [1.165, 1.54) is 75.4 Å². The van der Waals surface area contributed by atoms with Crippen LogP contribution in [0.4, 0.5) is 0 Å². The summed E-state index contributed by atoms with van der Waals surface area (Å²) in [5.74, 6) is 0. The molecule has 0 N–H and O–H groups in total. The molecule has 8 rings (SSSR count). The van der Waals surface area contributed by atoms with Crippen LogP contribution in [0.5, 0.6) is 0 Å². The molecule has 8 aromatic rings. The van der Waals surface area contributed by atoms with Crippen LogP contribution in [-0.4, -0.2) is 0 Å². The van der Waals surface area contributed by atoms with Gasteiger partial charge in [0.05, 0.1) is 0 Å². The van der Waals surface area contributed by atoms with Crippen molar-refractivity contribution in [2.24, 2.45) is 0 Å². The van der Waals surface area contributed by atoms with Crippen molar-refractivity contribution in [2.45, 2.75) is 0 Å². The van der Waals surface area contributed by atoms with E-state index in [4.69, 9.17) is 0 Å². The predicted molar refractivity (Wildman–Crippen MR) is 149 cm³/mol. The lowest BCUT2D eigenvalue weighted by atomic mass is 9.93. The minimum atomic E-state index is 1.29. The zero-order chi connectivity index (χ0) is 22.2. The van der Waals surface area contributed by atoms with Crippen molar-refractivity contribution in [3.8, 4) is 0 Å². The summed E-state index contributed by atoms with van der Waals surface area (Å²) in [4.78, 5) is 0. The van der Waals surface area contributed by atoms with E-state index < -0.39 is 0 Å². The van der Waals surface area contributed by atoms with Crippen LogP contribution < -0.4 is 0 Å². The maximum atomic E-state index is 2.39. The highest BCUT2D eigenvalue weighted by atomic mass is 14.1. The van der Waals surface area contributed by atoms with Crippen LogP contribution >= 0.6 is 0 Å². The summed E-state index contributed by atoms with van der Waals surface area (Å²) in [6.07, 6.45) is 0. The SMILES string of the molecule is c1ccc2cc3cc4c(ccc5cc6cc7ccc8ccccc8c7cc6cc54)cc3cc2c1. The molecular weight excluding hydrogens is 408 g/mol. The maximum absolute atomic E-state index is 2.39. The molecule has 0 saturated heterocycles. The van der Waals surface area contributed by atoms with E-state index in [9.17, 15) is 0 Å². The van der Waals surface area contributed by atoms with Crippen molar-refractivity contribution in [3.63, 3.8) is 0 Å². The molecule has 34 heavy (non-hydrogen) atoms. The Balaban J connectivity index is 1.47. The Hall–Kier alpha value is -4.42. The molecule has 0 aliphatic rings. The second-order valence-electron chi connectivity index (χ2n) is 9.47. The highest BCUT2D eigenvalue weighted by molar-refractivity contribution is 6.19. The number of hydrogen-bond acceptors (Lipinski definition) is 0. The zero-order valence-electron chi connectivity index (χ0n) is 18.5. The van der Waals surface area contributed by atoms with Crippen LogP contribution in [0, 0.1) is 0 Å². The highest BCUT2D eigenvalue weighted by Crippen LogP contribution is 2.36. The second-order valence-corrected chi connectivity index (χ2v) is 9.47. The largest absolute Gasteiger partial charge is 0.0616 e. The molecular formula is C34H20. The topological polar surface area (TPSA) is 0 Å². The van der Waals surface area contributed by atoms with E-state index in [1.807, 2.05) is 0 Å². The first-order valence-electron chi connectivity index (χ1n) is 11.8. The average molecular weight is 429 g/mol. The molecule has 0 heteroatoms. The van der Waals surface area contributed by atoms with Crippen LogP contribution in [0.1, 0.15) is 0 Å². The van der Waals surface area contributed by atoms with E-state index >= 15 is 0 Å². The summed E-state index contributed by atoms with van der Waals surface area (Å²) >= 11 is 0. The van der Waals surface area contributed by atoms with Gasteiger partial charge in [0.1, 0.15) is 0 Å². The van der Waals surface area contributed by atoms with Crippen molar-refractivity contribution in [1.82, 2.24) is 0 Å². The smallest absolute Gasteiger partial charge is 0.00988 e. The molecule has 0 unspecified atom stereocenters. The fourth-order valence-corrected chi connectivity index (χ4v) is 5.75. The van der Waals surface area contributed by atoms with Gasteiger partial charge in [-0.2, -0.15) is 0 Å². The van der Waals surface area contributed by atoms with Gasteiger partial charge in [-0.1, -0.05) is 72.8 Å². The third-order valence-corrected chi connectivity index (χ3v) is 7.48. The Morgan fingerprint density at radius 3 is 1.12 bits per heavy atom. The lowest BCUT2D eigenvalue weighted by molar-refractivity contribution is 1.78. The van der Waals surface area contributed by atoms with E-state index in [2.05, 4.69) is 121 Å².